The van der Waals surface area contributed by atoms with E-state index >= 15 is 0 Å². The Kier molecular flexibility index (Phi) is 4.95. The molecule has 5 heteroatoms. The van der Waals surface area contributed by atoms with E-state index in [9.17, 15) is 9.59 Å². The van der Waals surface area contributed by atoms with Crippen molar-refractivity contribution < 1.29 is 4.79 Å². The fourth-order valence-corrected chi connectivity index (χ4v) is 2.59. The third-order valence-corrected chi connectivity index (χ3v) is 3.74. The number of rotatable bonds is 5. The normalized spacial score (nSPS) is 18.2. The van der Waals surface area contributed by atoms with Crippen LogP contribution in [0.1, 0.15) is 36.5 Å². The average Bonchev–Trinajstić information content (AvgIpc) is 2.93. The second-order valence-corrected chi connectivity index (χ2v) is 5.41. The maximum atomic E-state index is 12.5. The Balaban J connectivity index is 2.12. The molecule has 1 amide bonds. The molecular formula is C15H23N3O2. The van der Waals surface area contributed by atoms with E-state index in [1.165, 1.54) is 17.1 Å². The van der Waals surface area contributed by atoms with Gasteiger partial charge in [-0.15, -0.1) is 0 Å². The van der Waals surface area contributed by atoms with Crippen LogP contribution in [0.15, 0.2) is 23.1 Å². The van der Waals surface area contributed by atoms with E-state index in [0.717, 1.165) is 32.5 Å². The number of aromatic nitrogens is 1. The van der Waals surface area contributed by atoms with Crippen LogP contribution in [-0.4, -0.2) is 41.1 Å². The summed E-state index contributed by atoms with van der Waals surface area (Å²) in [5.74, 6) is -0.0433. The minimum Gasteiger partial charge on any atom is -0.337 e. The lowest BCUT2D eigenvalue weighted by Crippen LogP contribution is -2.41. The molecule has 1 unspecified atom stereocenters. The third-order valence-electron chi connectivity index (χ3n) is 3.74. The number of pyridine rings is 1. The summed E-state index contributed by atoms with van der Waals surface area (Å²) in [4.78, 5) is 26.0. The van der Waals surface area contributed by atoms with E-state index in [0.29, 0.717) is 11.6 Å². The van der Waals surface area contributed by atoms with Crippen molar-refractivity contribution in [3.63, 3.8) is 0 Å². The van der Waals surface area contributed by atoms with Gasteiger partial charge < -0.3 is 14.8 Å². The van der Waals surface area contributed by atoms with Crippen LogP contribution in [0, 0.1) is 0 Å². The molecule has 1 aliphatic heterocycles. The molecule has 1 aromatic rings. The SMILES string of the molecule is CCCN(CC1CCCN1)C(=O)c1ccn(C)c(=O)c1. The summed E-state index contributed by atoms with van der Waals surface area (Å²) in [6.07, 6.45) is 4.85. The molecule has 0 aliphatic carbocycles. The summed E-state index contributed by atoms with van der Waals surface area (Å²) in [6, 6.07) is 3.53. The van der Waals surface area contributed by atoms with Gasteiger partial charge in [-0.1, -0.05) is 6.92 Å². The Morgan fingerprint density at radius 3 is 2.95 bits per heavy atom. The fraction of sp³-hybridized carbons (Fsp3) is 0.600. The van der Waals surface area contributed by atoms with Gasteiger partial charge in [-0.2, -0.15) is 0 Å². The van der Waals surface area contributed by atoms with Crippen LogP contribution < -0.4 is 10.9 Å². The Hall–Kier alpha value is -1.62. The van der Waals surface area contributed by atoms with Gasteiger partial charge in [-0.3, -0.25) is 9.59 Å². The summed E-state index contributed by atoms with van der Waals surface area (Å²) in [5.41, 5.74) is 0.339. The molecule has 0 saturated carbocycles. The van der Waals surface area contributed by atoms with Crippen LogP contribution in [0.2, 0.25) is 0 Å². The van der Waals surface area contributed by atoms with E-state index in [1.54, 1.807) is 19.3 Å². The molecule has 1 aliphatic rings. The molecule has 1 aromatic heterocycles. The Labute approximate surface area is 119 Å². The van der Waals surface area contributed by atoms with E-state index in [4.69, 9.17) is 0 Å². The molecule has 20 heavy (non-hydrogen) atoms. The number of nitrogens with zero attached hydrogens (tertiary/aromatic N) is 2. The molecule has 2 rings (SSSR count). The fourth-order valence-electron chi connectivity index (χ4n) is 2.59. The molecule has 1 atom stereocenters. The Bertz CT molecular complexity index is 518. The van der Waals surface area contributed by atoms with Gasteiger partial charge in [0.15, 0.2) is 0 Å². The number of carbonyl (C=O) groups excluding carboxylic acids is 1. The molecule has 0 aromatic carbocycles. The maximum absolute atomic E-state index is 12.5. The van der Waals surface area contributed by atoms with Gasteiger partial charge in [0.25, 0.3) is 11.5 Å². The highest BCUT2D eigenvalue weighted by molar-refractivity contribution is 5.94. The lowest BCUT2D eigenvalue weighted by molar-refractivity contribution is 0.0741. The molecular weight excluding hydrogens is 254 g/mol. The van der Waals surface area contributed by atoms with Crippen LogP contribution >= 0.6 is 0 Å². The maximum Gasteiger partial charge on any atom is 0.254 e. The van der Waals surface area contributed by atoms with E-state index in [-0.39, 0.29) is 11.5 Å². The zero-order chi connectivity index (χ0) is 14.5. The van der Waals surface area contributed by atoms with Crippen LogP contribution in [0.3, 0.4) is 0 Å². The van der Waals surface area contributed by atoms with Gasteiger partial charge in [0.1, 0.15) is 0 Å². The van der Waals surface area contributed by atoms with Crippen molar-refractivity contribution in [1.82, 2.24) is 14.8 Å². The monoisotopic (exact) mass is 277 g/mol. The molecule has 1 N–H and O–H groups in total. The first-order valence-electron chi connectivity index (χ1n) is 7.31. The summed E-state index contributed by atoms with van der Waals surface area (Å²) in [5, 5.41) is 3.41. The molecule has 2 heterocycles. The van der Waals surface area contributed by atoms with Crippen molar-refractivity contribution in [3.8, 4) is 0 Å². The van der Waals surface area contributed by atoms with Gasteiger partial charge in [0.05, 0.1) is 0 Å². The molecule has 110 valence electrons. The summed E-state index contributed by atoms with van der Waals surface area (Å²) in [6.45, 7) is 4.55. The molecule has 1 saturated heterocycles. The highest BCUT2D eigenvalue weighted by Crippen LogP contribution is 2.10. The zero-order valence-corrected chi connectivity index (χ0v) is 12.3. The number of hydrogen-bond donors (Lipinski definition) is 1. The number of nitrogens with one attached hydrogen (secondary N) is 1. The smallest absolute Gasteiger partial charge is 0.254 e. The van der Waals surface area contributed by atoms with Gasteiger partial charge in [0, 0.05) is 44.0 Å². The lowest BCUT2D eigenvalue weighted by atomic mass is 10.1. The van der Waals surface area contributed by atoms with Crippen LogP contribution in [0.4, 0.5) is 0 Å². The molecule has 0 bridgehead atoms. The van der Waals surface area contributed by atoms with Crippen LogP contribution in [0.5, 0.6) is 0 Å². The third kappa shape index (κ3) is 3.48. The lowest BCUT2D eigenvalue weighted by Gasteiger charge is -2.25. The predicted molar refractivity (Wildman–Crippen MR) is 78.9 cm³/mol. The highest BCUT2D eigenvalue weighted by Gasteiger charge is 2.22. The summed E-state index contributed by atoms with van der Waals surface area (Å²) >= 11 is 0. The minimum absolute atomic E-state index is 0.0433. The van der Waals surface area contributed by atoms with Crippen LogP contribution in [0.25, 0.3) is 0 Å². The van der Waals surface area contributed by atoms with Gasteiger partial charge in [-0.05, 0) is 31.9 Å². The quantitative estimate of drug-likeness (QED) is 0.873. The van der Waals surface area contributed by atoms with Crippen LogP contribution in [-0.2, 0) is 7.05 Å². The van der Waals surface area contributed by atoms with E-state index < -0.39 is 0 Å². The average molecular weight is 277 g/mol. The second kappa shape index (κ2) is 6.70. The first-order valence-corrected chi connectivity index (χ1v) is 7.31. The van der Waals surface area contributed by atoms with Crippen molar-refractivity contribution in [1.29, 1.82) is 0 Å². The molecule has 5 nitrogen and oxygen atoms in total. The molecule has 1 fully saturated rings. The van der Waals surface area contributed by atoms with Gasteiger partial charge >= 0.3 is 0 Å². The number of amides is 1. The van der Waals surface area contributed by atoms with Crippen molar-refractivity contribution in [2.24, 2.45) is 7.05 Å². The second-order valence-electron chi connectivity index (χ2n) is 5.41. The topological polar surface area (TPSA) is 54.3 Å². The number of hydrogen-bond acceptors (Lipinski definition) is 3. The number of carbonyl (C=O) groups is 1. The van der Waals surface area contributed by atoms with Crippen molar-refractivity contribution >= 4 is 5.91 Å². The Morgan fingerprint density at radius 1 is 1.55 bits per heavy atom. The Morgan fingerprint density at radius 2 is 2.35 bits per heavy atom. The van der Waals surface area contributed by atoms with Gasteiger partial charge in [-0.25, -0.2) is 0 Å². The van der Waals surface area contributed by atoms with Crippen molar-refractivity contribution in [3.05, 3.63) is 34.2 Å². The number of aryl methyl sites for hydroxylation is 1. The first-order chi connectivity index (χ1) is 9.61. The standard InChI is InChI=1S/C15H23N3O2/c1-3-8-18(11-13-5-4-7-16-13)15(20)12-6-9-17(2)14(19)10-12/h6,9-10,13,16H,3-5,7-8,11H2,1-2H3. The van der Waals surface area contributed by atoms with Crippen molar-refractivity contribution in [2.75, 3.05) is 19.6 Å². The van der Waals surface area contributed by atoms with E-state index in [2.05, 4.69) is 12.2 Å². The first kappa shape index (κ1) is 14.8. The summed E-state index contributed by atoms with van der Waals surface area (Å²) in [7, 11) is 1.68. The largest absolute Gasteiger partial charge is 0.337 e. The highest BCUT2D eigenvalue weighted by atomic mass is 16.2. The minimum atomic E-state index is -0.147. The zero-order valence-electron chi connectivity index (χ0n) is 12.3. The molecule has 0 radical (unpaired) electrons. The van der Waals surface area contributed by atoms with E-state index in [1.807, 2.05) is 4.90 Å². The van der Waals surface area contributed by atoms with Gasteiger partial charge in [0.2, 0.25) is 0 Å². The molecule has 0 spiro atoms. The van der Waals surface area contributed by atoms with Crippen molar-refractivity contribution in [2.45, 2.75) is 32.2 Å². The predicted octanol–water partition coefficient (Wildman–Crippen LogP) is 0.989. The summed E-state index contributed by atoms with van der Waals surface area (Å²) < 4.78 is 1.47.